The van der Waals surface area contributed by atoms with E-state index in [1.54, 1.807) is 6.92 Å². The van der Waals surface area contributed by atoms with E-state index < -0.39 is 5.54 Å². The Kier molecular flexibility index (Phi) is 4.28. The fourth-order valence-electron chi connectivity index (χ4n) is 3.99. The van der Waals surface area contributed by atoms with E-state index in [0.29, 0.717) is 11.7 Å². The largest absolute Gasteiger partial charge is 0.343 e. The van der Waals surface area contributed by atoms with Crippen molar-refractivity contribution in [3.05, 3.63) is 46.6 Å². The van der Waals surface area contributed by atoms with E-state index in [1.165, 1.54) is 6.42 Å². The van der Waals surface area contributed by atoms with Gasteiger partial charge in [0.05, 0.1) is 0 Å². The molecular formula is C19H22ClN3O2. The SMILES string of the molecule is Cc1nc(C2(NC(=O)C3CC3c3ccccc3Cl)CCCCC2)no1. The predicted octanol–water partition coefficient (Wildman–Crippen LogP) is 4.11. The Balaban J connectivity index is 1.51. The van der Waals surface area contributed by atoms with Gasteiger partial charge in [-0.05, 0) is 36.8 Å². The highest BCUT2D eigenvalue weighted by Crippen LogP contribution is 2.50. The van der Waals surface area contributed by atoms with Gasteiger partial charge in [-0.1, -0.05) is 54.2 Å². The lowest BCUT2D eigenvalue weighted by molar-refractivity contribution is -0.125. The summed E-state index contributed by atoms with van der Waals surface area (Å²) in [5.74, 6) is 1.42. The second kappa shape index (κ2) is 6.45. The molecule has 2 saturated carbocycles. The Morgan fingerprint density at radius 3 is 2.72 bits per heavy atom. The fraction of sp³-hybridized carbons (Fsp3) is 0.526. The highest BCUT2D eigenvalue weighted by atomic mass is 35.5. The van der Waals surface area contributed by atoms with E-state index >= 15 is 0 Å². The Bertz CT molecular complexity index is 782. The highest BCUT2D eigenvalue weighted by molar-refractivity contribution is 6.31. The number of nitrogens with zero attached hydrogens (tertiary/aromatic N) is 2. The molecule has 0 bridgehead atoms. The normalized spacial score (nSPS) is 24.7. The number of hydrogen-bond acceptors (Lipinski definition) is 4. The zero-order valence-electron chi connectivity index (χ0n) is 14.3. The van der Waals surface area contributed by atoms with Gasteiger partial charge in [-0.15, -0.1) is 0 Å². The van der Waals surface area contributed by atoms with E-state index in [2.05, 4.69) is 15.5 Å². The fourth-order valence-corrected chi connectivity index (χ4v) is 4.26. The van der Waals surface area contributed by atoms with Crippen LogP contribution < -0.4 is 5.32 Å². The van der Waals surface area contributed by atoms with Crippen LogP contribution in [0.4, 0.5) is 0 Å². The molecule has 2 atom stereocenters. The van der Waals surface area contributed by atoms with Gasteiger partial charge in [0.1, 0.15) is 5.54 Å². The van der Waals surface area contributed by atoms with Gasteiger partial charge < -0.3 is 9.84 Å². The van der Waals surface area contributed by atoms with Crippen molar-refractivity contribution in [3.63, 3.8) is 0 Å². The second-order valence-electron chi connectivity index (χ2n) is 7.24. The third kappa shape index (κ3) is 3.17. The van der Waals surface area contributed by atoms with Crippen LogP contribution in [-0.4, -0.2) is 16.0 Å². The van der Waals surface area contributed by atoms with Gasteiger partial charge in [0, 0.05) is 17.9 Å². The number of aryl methyl sites for hydroxylation is 1. The number of amides is 1. The Hall–Kier alpha value is -1.88. The molecule has 2 fully saturated rings. The van der Waals surface area contributed by atoms with Crippen LogP contribution in [0.3, 0.4) is 0 Å². The Morgan fingerprint density at radius 1 is 1.28 bits per heavy atom. The maximum absolute atomic E-state index is 12.9. The first kappa shape index (κ1) is 16.6. The number of carbonyl (C=O) groups excluding carboxylic acids is 1. The van der Waals surface area contributed by atoms with E-state index in [4.69, 9.17) is 16.1 Å². The van der Waals surface area contributed by atoms with Gasteiger partial charge in [-0.2, -0.15) is 4.98 Å². The topological polar surface area (TPSA) is 68.0 Å². The minimum Gasteiger partial charge on any atom is -0.343 e. The molecule has 4 rings (SSSR count). The molecule has 2 aliphatic carbocycles. The van der Waals surface area contributed by atoms with Crippen LogP contribution >= 0.6 is 11.6 Å². The standard InChI is InChI=1S/C19H22ClN3O2/c1-12-21-18(23-25-12)19(9-5-2-6-10-19)22-17(24)15-11-14(15)13-7-3-4-8-16(13)20/h3-4,7-8,14-15H,2,5-6,9-11H2,1H3,(H,22,24). The van der Waals surface area contributed by atoms with Crippen molar-refractivity contribution in [1.29, 1.82) is 0 Å². The van der Waals surface area contributed by atoms with Gasteiger partial charge in [-0.3, -0.25) is 4.79 Å². The van der Waals surface area contributed by atoms with Gasteiger partial charge in [0.15, 0.2) is 5.82 Å². The molecule has 6 heteroatoms. The number of rotatable bonds is 4. The smallest absolute Gasteiger partial charge is 0.224 e. The van der Waals surface area contributed by atoms with E-state index in [0.717, 1.165) is 42.7 Å². The first-order valence-corrected chi connectivity index (χ1v) is 9.34. The number of aromatic nitrogens is 2. The lowest BCUT2D eigenvalue weighted by Gasteiger charge is -2.35. The number of nitrogens with one attached hydrogen (secondary N) is 1. The van der Waals surface area contributed by atoms with E-state index in [1.807, 2.05) is 24.3 Å². The maximum atomic E-state index is 12.9. The molecule has 0 aliphatic heterocycles. The van der Waals surface area contributed by atoms with Gasteiger partial charge in [0.25, 0.3) is 0 Å². The maximum Gasteiger partial charge on any atom is 0.224 e. The lowest BCUT2D eigenvalue weighted by Crippen LogP contribution is -2.48. The minimum atomic E-state index is -0.485. The summed E-state index contributed by atoms with van der Waals surface area (Å²) in [4.78, 5) is 17.3. The van der Waals surface area contributed by atoms with E-state index in [-0.39, 0.29) is 17.7 Å². The van der Waals surface area contributed by atoms with Crippen molar-refractivity contribution in [2.45, 2.75) is 56.9 Å². The summed E-state index contributed by atoms with van der Waals surface area (Å²) in [6, 6.07) is 7.78. The average molecular weight is 360 g/mol. The quantitative estimate of drug-likeness (QED) is 0.891. The molecule has 1 N–H and O–H groups in total. The predicted molar refractivity (Wildman–Crippen MR) is 94.2 cm³/mol. The molecule has 0 spiro atoms. The van der Waals surface area contributed by atoms with Gasteiger partial charge in [-0.25, -0.2) is 0 Å². The lowest BCUT2D eigenvalue weighted by atomic mass is 9.80. The number of benzene rings is 1. The second-order valence-corrected chi connectivity index (χ2v) is 7.65. The summed E-state index contributed by atoms with van der Waals surface area (Å²) in [6.45, 7) is 1.78. The molecule has 25 heavy (non-hydrogen) atoms. The molecule has 1 heterocycles. The molecule has 0 saturated heterocycles. The zero-order chi connectivity index (χ0) is 17.4. The Labute approximate surface area is 152 Å². The van der Waals surface area contributed by atoms with Crippen LogP contribution in [0, 0.1) is 12.8 Å². The van der Waals surface area contributed by atoms with Crippen molar-refractivity contribution < 1.29 is 9.32 Å². The van der Waals surface area contributed by atoms with Crippen LogP contribution in [0.25, 0.3) is 0 Å². The monoisotopic (exact) mass is 359 g/mol. The molecule has 1 aromatic carbocycles. The van der Waals surface area contributed by atoms with Crippen molar-refractivity contribution in [2.75, 3.05) is 0 Å². The molecular weight excluding hydrogens is 338 g/mol. The third-order valence-corrected chi connectivity index (χ3v) is 5.80. The highest BCUT2D eigenvalue weighted by Gasteiger charge is 2.48. The molecule has 2 aromatic rings. The first-order valence-electron chi connectivity index (χ1n) is 8.96. The van der Waals surface area contributed by atoms with Gasteiger partial charge >= 0.3 is 0 Å². The van der Waals surface area contributed by atoms with Crippen molar-refractivity contribution in [3.8, 4) is 0 Å². The summed E-state index contributed by atoms with van der Waals surface area (Å²) >= 11 is 6.28. The third-order valence-electron chi connectivity index (χ3n) is 5.46. The van der Waals surface area contributed by atoms with Crippen LogP contribution in [0.1, 0.15) is 61.7 Å². The van der Waals surface area contributed by atoms with Crippen LogP contribution in [0.5, 0.6) is 0 Å². The molecule has 1 amide bonds. The Morgan fingerprint density at radius 2 is 2.04 bits per heavy atom. The van der Waals surface area contributed by atoms with Gasteiger partial charge in [0.2, 0.25) is 11.8 Å². The molecule has 132 valence electrons. The molecule has 5 nitrogen and oxygen atoms in total. The van der Waals surface area contributed by atoms with E-state index in [9.17, 15) is 4.79 Å². The van der Waals surface area contributed by atoms with Crippen LogP contribution in [-0.2, 0) is 10.3 Å². The summed E-state index contributed by atoms with van der Waals surface area (Å²) in [5.41, 5.74) is 0.582. The molecule has 2 unspecified atom stereocenters. The van der Waals surface area contributed by atoms with Crippen molar-refractivity contribution >= 4 is 17.5 Å². The van der Waals surface area contributed by atoms with Crippen LogP contribution in [0.15, 0.2) is 28.8 Å². The number of carbonyl (C=O) groups is 1. The van der Waals surface area contributed by atoms with Crippen molar-refractivity contribution in [2.24, 2.45) is 5.92 Å². The number of halogens is 1. The minimum absolute atomic E-state index is 0.0216. The number of hydrogen-bond donors (Lipinski definition) is 1. The summed E-state index contributed by atoms with van der Waals surface area (Å²) in [5, 5.41) is 8.13. The molecule has 1 aromatic heterocycles. The molecule has 2 aliphatic rings. The zero-order valence-corrected chi connectivity index (χ0v) is 15.1. The summed E-state index contributed by atoms with van der Waals surface area (Å²) in [6.07, 6.45) is 5.87. The van der Waals surface area contributed by atoms with Crippen molar-refractivity contribution in [1.82, 2.24) is 15.5 Å². The first-order chi connectivity index (χ1) is 12.1. The molecule has 0 radical (unpaired) electrons. The average Bonchev–Trinajstić information content (AvgIpc) is 3.29. The summed E-state index contributed by atoms with van der Waals surface area (Å²) in [7, 11) is 0. The van der Waals surface area contributed by atoms with Crippen LogP contribution in [0.2, 0.25) is 5.02 Å². The summed E-state index contributed by atoms with van der Waals surface area (Å²) < 4.78 is 5.18.